The Hall–Kier alpha value is -0.570. The summed E-state index contributed by atoms with van der Waals surface area (Å²) in [4.78, 5) is 2.16. The van der Waals surface area contributed by atoms with Crippen LogP contribution in [0.25, 0.3) is 0 Å². The van der Waals surface area contributed by atoms with Crippen LogP contribution in [0.5, 0.6) is 0 Å². The minimum Gasteiger partial charge on any atom is -0.389 e. The van der Waals surface area contributed by atoms with E-state index in [1.54, 1.807) is 0 Å². The van der Waals surface area contributed by atoms with Crippen molar-refractivity contribution in [2.24, 2.45) is 0 Å². The van der Waals surface area contributed by atoms with E-state index in [-0.39, 0.29) is 11.5 Å². The Morgan fingerprint density at radius 3 is 2.05 bits per heavy atom. The summed E-state index contributed by atoms with van der Waals surface area (Å²) in [5.74, 6) is 0. The summed E-state index contributed by atoms with van der Waals surface area (Å²) in [6, 6.07) is 8.24. The molecule has 1 aromatic rings. The van der Waals surface area contributed by atoms with Crippen LogP contribution < -0.4 is 0 Å². The number of rotatable bonds is 4. The lowest BCUT2D eigenvalue weighted by Gasteiger charge is -2.54. The smallest absolute Gasteiger partial charge is 0.0754 e. The van der Waals surface area contributed by atoms with Gasteiger partial charge in [-0.1, -0.05) is 30.2 Å². The fraction of sp³-hybridized carbons (Fsp3) is 0.625. The molecule has 2 nitrogen and oxygen atoms in total. The molecule has 0 saturated heterocycles. The van der Waals surface area contributed by atoms with Crippen LogP contribution >= 0.6 is 11.6 Å². The van der Waals surface area contributed by atoms with Crippen molar-refractivity contribution in [2.75, 3.05) is 14.1 Å². The molecule has 0 aromatic heterocycles. The average molecular weight is 282 g/mol. The first-order chi connectivity index (χ1) is 8.77. The van der Waals surface area contributed by atoms with E-state index in [0.29, 0.717) is 0 Å². The fourth-order valence-corrected chi connectivity index (χ4v) is 3.99. The van der Waals surface area contributed by atoms with Gasteiger partial charge in [-0.2, -0.15) is 0 Å². The molecule has 0 amide bonds. The molecule has 1 atom stereocenters. The summed E-state index contributed by atoms with van der Waals surface area (Å²) in [6.45, 7) is 3.82. The Morgan fingerprint density at radius 2 is 1.74 bits per heavy atom. The highest BCUT2D eigenvalue weighted by Crippen LogP contribution is 2.50. The minimum atomic E-state index is -0.733. The molecule has 0 radical (unpaired) electrons. The fourth-order valence-electron chi connectivity index (χ4n) is 3.86. The normalized spacial score (nSPS) is 20.2. The molecule has 3 heteroatoms. The first-order valence-electron chi connectivity index (χ1n) is 6.92. The zero-order chi connectivity index (χ0) is 14.3. The van der Waals surface area contributed by atoms with Gasteiger partial charge in [0, 0.05) is 16.5 Å². The van der Waals surface area contributed by atoms with Crippen molar-refractivity contribution in [3.63, 3.8) is 0 Å². The third kappa shape index (κ3) is 2.67. The standard InChI is InChI=1S/C16H24ClNO/c1-15(2,19)14(18(3)4)16(10-5-11-16)12-6-8-13(17)9-7-12/h6-9,14,19H,5,10-11H2,1-4H3. The van der Waals surface area contributed by atoms with Crippen molar-refractivity contribution in [1.29, 1.82) is 0 Å². The number of halogens is 1. The number of nitrogens with zero attached hydrogens (tertiary/aromatic N) is 1. The summed E-state index contributed by atoms with van der Waals surface area (Å²) in [6.07, 6.45) is 3.48. The number of aliphatic hydroxyl groups is 1. The van der Waals surface area contributed by atoms with Gasteiger partial charge in [0.15, 0.2) is 0 Å². The second-order valence-electron chi connectivity index (χ2n) is 6.54. The van der Waals surface area contributed by atoms with Crippen molar-refractivity contribution < 1.29 is 5.11 Å². The number of hydrogen-bond donors (Lipinski definition) is 1. The molecule has 1 aromatic carbocycles. The quantitative estimate of drug-likeness (QED) is 0.914. The van der Waals surface area contributed by atoms with Crippen molar-refractivity contribution >= 4 is 11.6 Å². The van der Waals surface area contributed by atoms with Crippen LogP contribution in [-0.4, -0.2) is 35.7 Å². The van der Waals surface area contributed by atoms with Crippen molar-refractivity contribution in [1.82, 2.24) is 4.90 Å². The Labute approximate surface area is 121 Å². The maximum atomic E-state index is 10.6. The Bertz CT molecular complexity index is 429. The van der Waals surface area contributed by atoms with E-state index in [1.807, 2.05) is 26.0 Å². The molecule has 0 aliphatic heterocycles. The molecule has 1 saturated carbocycles. The molecule has 1 unspecified atom stereocenters. The van der Waals surface area contributed by atoms with E-state index in [2.05, 4.69) is 31.1 Å². The zero-order valence-corrected chi connectivity index (χ0v) is 13.0. The predicted molar refractivity (Wildman–Crippen MR) is 80.8 cm³/mol. The van der Waals surface area contributed by atoms with E-state index in [0.717, 1.165) is 17.9 Å². The van der Waals surface area contributed by atoms with Crippen LogP contribution in [0.3, 0.4) is 0 Å². The third-order valence-corrected chi connectivity index (χ3v) is 4.63. The van der Waals surface area contributed by atoms with E-state index in [9.17, 15) is 5.11 Å². The Kier molecular flexibility index (Phi) is 3.97. The molecule has 106 valence electrons. The van der Waals surface area contributed by atoms with Crippen LogP contribution in [0.4, 0.5) is 0 Å². The van der Waals surface area contributed by atoms with Gasteiger partial charge in [0.25, 0.3) is 0 Å². The van der Waals surface area contributed by atoms with Crippen LogP contribution in [-0.2, 0) is 5.41 Å². The van der Waals surface area contributed by atoms with E-state index in [1.165, 1.54) is 12.0 Å². The molecule has 0 bridgehead atoms. The lowest BCUT2D eigenvalue weighted by Crippen LogP contribution is -2.61. The largest absolute Gasteiger partial charge is 0.389 e. The molecule has 1 N–H and O–H groups in total. The van der Waals surface area contributed by atoms with Crippen LogP contribution in [0.2, 0.25) is 5.02 Å². The summed E-state index contributed by atoms with van der Waals surface area (Å²) >= 11 is 6.00. The summed E-state index contributed by atoms with van der Waals surface area (Å²) in [7, 11) is 4.11. The molecule has 0 spiro atoms. The lowest BCUT2D eigenvalue weighted by molar-refractivity contribution is -0.0620. The first kappa shape index (κ1) is 14.8. The maximum Gasteiger partial charge on any atom is 0.0754 e. The second-order valence-corrected chi connectivity index (χ2v) is 6.97. The number of likely N-dealkylation sites (N-methyl/N-ethyl adjacent to an activating group) is 1. The monoisotopic (exact) mass is 281 g/mol. The molecule has 0 heterocycles. The highest BCUT2D eigenvalue weighted by Gasteiger charge is 2.51. The zero-order valence-electron chi connectivity index (χ0n) is 12.3. The SMILES string of the molecule is CN(C)C(C(C)(C)O)C1(c2ccc(Cl)cc2)CCC1. The minimum absolute atomic E-state index is 0.0480. The molecule has 19 heavy (non-hydrogen) atoms. The van der Waals surface area contributed by atoms with Gasteiger partial charge in [0.1, 0.15) is 0 Å². The van der Waals surface area contributed by atoms with Gasteiger partial charge in [-0.25, -0.2) is 0 Å². The van der Waals surface area contributed by atoms with Crippen molar-refractivity contribution in [3.05, 3.63) is 34.9 Å². The lowest BCUT2D eigenvalue weighted by atomic mass is 9.56. The highest BCUT2D eigenvalue weighted by atomic mass is 35.5. The Morgan fingerprint density at radius 1 is 1.21 bits per heavy atom. The molecule has 1 fully saturated rings. The second kappa shape index (κ2) is 5.08. The summed E-state index contributed by atoms with van der Waals surface area (Å²) < 4.78 is 0. The summed E-state index contributed by atoms with van der Waals surface area (Å²) in [5, 5.41) is 11.4. The van der Waals surface area contributed by atoms with Gasteiger partial charge < -0.3 is 10.0 Å². The van der Waals surface area contributed by atoms with Crippen LogP contribution in [0.15, 0.2) is 24.3 Å². The van der Waals surface area contributed by atoms with E-state index in [4.69, 9.17) is 11.6 Å². The van der Waals surface area contributed by atoms with E-state index >= 15 is 0 Å². The van der Waals surface area contributed by atoms with E-state index < -0.39 is 5.60 Å². The molecular weight excluding hydrogens is 258 g/mol. The molecule has 2 rings (SSSR count). The van der Waals surface area contributed by atoms with Gasteiger partial charge in [-0.15, -0.1) is 0 Å². The van der Waals surface area contributed by atoms with Gasteiger partial charge in [0.2, 0.25) is 0 Å². The summed E-state index contributed by atoms with van der Waals surface area (Å²) in [5.41, 5.74) is 0.611. The van der Waals surface area contributed by atoms with Gasteiger partial charge >= 0.3 is 0 Å². The van der Waals surface area contributed by atoms with Crippen molar-refractivity contribution in [2.45, 2.75) is 50.2 Å². The number of hydrogen-bond acceptors (Lipinski definition) is 2. The predicted octanol–water partition coefficient (Wildman–Crippen LogP) is 3.46. The topological polar surface area (TPSA) is 23.5 Å². The maximum absolute atomic E-state index is 10.6. The van der Waals surface area contributed by atoms with Gasteiger partial charge in [-0.05, 0) is 58.5 Å². The van der Waals surface area contributed by atoms with Crippen molar-refractivity contribution in [3.8, 4) is 0 Å². The third-order valence-electron chi connectivity index (χ3n) is 4.37. The number of benzene rings is 1. The average Bonchev–Trinajstić information content (AvgIpc) is 2.22. The molecular formula is C16H24ClNO. The molecule has 1 aliphatic carbocycles. The highest BCUT2D eigenvalue weighted by molar-refractivity contribution is 6.30. The van der Waals surface area contributed by atoms with Gasteiger partial charge in [0.05, 0.1) is 5.60 Å². The first-order valence-corrected chi connectivity index (χ1v) is 7.30. The van der Waals surface area contributed by atoms with Crippen LogP contribution in [0, 0.1) is 0 Å². The van der Waals surface area contributed by atoms with Gasteiger partial charge in [-0.3, -0.25) is 0 Å². The Balaban J connectivity index is 2.44. The molecule has 1 aliphatic rings. The van der Waals surface area contributed by atoms with Crippen LogP contribution in [0.1, 0.15) is 38.7 Å².